The van der Waals surface area contributed by atoms with E-state index in [1.54, 1.807) is 0 Å². The Morgan fingerprint density at radius 2 is 1.45 bits per heavy atom. The van der Waals surface area contributed by atoms with E-state index in [-0.39, 0.29) is 0 Å². The van der Waals surface area contributed by atoms with Crippen molar-refractivity contribution in [3.63, 3.8) is 0 Å². The molecule has 1 heterocycles. The molecule has 110 valence electrons. The molecule has 2 heteroatoms. The summed E-state index contributed by atoms with van der Waals surface area (Å²) in [6, 6.07) is 23.6. The quantitative estimate of drug-likeness (QED) is 0.742. The van der Waals surface area contributed by atoms with Gasteiger partial charge in [-0.1, -0.05) is 54.6 Å². The van der Waals surface area contributed by atoms with Crippen LogP contribution in [0.5, 0.6) is 0 Å². The van der Waals surface area contributed by atoms with Crippen LogP contribution < -0.4 is 5.32 Å². The highest BCUT2D eigenvalue weighted by molar-refractivity contribution is 5.63. The molecule has 0 amide bonds. The minimum absolute atomic E-state index is 0.316. The summed E-state index contributed by atoms with van der Waals surface area (Å²) in [5, 5.41) is 3.55. The van der Waals surface area contributed by atoms with Gasteiger partial charge in [0.1, 0.15) is 0 Å². The maximum atomic E-state index is 4.06. The molecule has 0 fully saturated rings. The lowest BCUT2D eigenvalue weighted by Crippen LogP contribution is -2.17. The minimum atomic E-state index is 0.316. The van der Waals surface area contributed by atoms with Crippen molar-refractivity contribution in [2.24, 2.45) is 0 Å². The van der Waals surface area contributed by atoms with E-state index < -0.39 is 0 Å². The largest absolute Gasteiger partial charge is 0.306 e. The Hall–Kier alpha value is -2.45. The van der Waals surface area contributed by atoms with Gasteiger partial charge in [0, 0.05) is 25.0 Å². The van der Waals surface area contributed by atoms with E-state index in [2.05, 4.69) is 77.9 Å². The summed E-state index contributed by atoms with van der Waals surface area (Å²) in [6.45, 7) is 3.03. The van der Waals surface area contributed by atoms with Crippen molar-refractivity contribution in [3.05, 3.63) is 90.3 Å². The highest BCUT2D eigenvalue weighted by Crippen LogP contribution is 2.19. The lowest BCUT2D eigenvalue weighted by Gasteiger charge is -2.14. The molecule has 0 radical (unpaired) electrons. The summed E-state index contributed by atoms with van der Waals surface area (Å²) >= 11 is 0. The minimum Gasteiger partial charge on any atom is -0.306 e. The second-order valence-corrected chi connectivity index (χ2v) is 5.45. The predicted octanol–water partition coefficient (Wildman–Crippen LogP) is 4.60. The van der Waals surface area contributed by atoms with Crippen LogP contribution in [0.3, 0.4) is 0 Å². The van der Waals surface area contributed by atoms with E-state index in [0.29, 0.717) is 6.04 Å². The molecule has 0 saturated carbocycles. The van der Waals surface area contributed by atoms with Crippen molar-refractivity contribution in [1.29, 1.82) is 0 Å². The van der Waals surface area contributed by atoms with Gasteiger partial charge in [0.25, 0.3) is 0 Å². The normalized spacial score (nSPS) is 12.0. The topological polar surface area (TPSA) is 24.9 Å². The van der Waals surface area contributed by atoms with Crippen LogP contribution in [0.25, 0.3) is 11.1 Å². The summed E-state index contributed by atoms with van der Waals surface area (Å²) in [6.07, 6.45) is 3.67. The third-order valence-electron chi connectivity index (χ3n) is 3.88. The molecule has 0 saturated heterocycles. The predicted molar refractivity (Wildman–Crippen MR) is 91.4 cm³/mol. The second kappa shape index (κ2) is 7.01. The van der Waals surface area contributed by atoms with Gasteiger partial charge in [-0.25, -0.2) is 0 Å². The molecular formula is C20H20N2. The van der Waals surface area contributed by atoms with Gasteiger partial charge in [-0.3, -0.25) is 4.98 Å². The van der Waals surface area contributed by atoms with E-state index in [9.17, 15) is 0 Å². The van der Waals surface area contributed by atoms with E-state index in [1.165, 1.54) is 22.3 Å². The van der Waals surface area contributed by atoms with Gasteiger partial charge in [-0.2, -0.15) is 0 Å². The smallest absolute Gasteiger partial charge is 0.0296 e. The number of hydrogen-bond donors (Lipinski definition) is 1. The fraction of sp³-hybridized carbons (Fsp3) is 0.150. The Bertz CT molecular complexity index is 691. The summed E-state index contributed by atoms with van der Waals surface area (Å²) in [5.74, 6) is 0. The van der Waals surface area contributed by atoms with Gasteiger partial charge in [-0.15, -0.1) is 0 Å². The van der Waals surface area contributed by atoms with Crippen LogP contribution in [-0.2, 0) is 6.54 Å². The van der Waals surface area contributed by atoms with Crippen LogP contribution in [0.1, 0.15) is 24.1 Å². The van der Waals surface area contributed by atoms with Crippen LogP contribution >= 0.6 is 0 Å². The molecule has 1 atom stereocenters. The van der Waals surface area contributed by atoms with Crippen LogP contribution in [0.2, 0.25) is 0 Å². The number of pyridine rings is 1. The molecule has 22 heavy (non-hydrogen) atoms. The Morgan fingerprint density at radius 1 is 0.818 bits per heavy atom. The van der Waals surface area contributed by atoms with Crippen LogP contribution in [-0.4, -0.2) is 4.98 Å². The van der Waals surface area contributed by atoms with Crippen LogP contribution in [0.4, 0.5) is 0 Å². The molecule has 0 aliphatic carbocycles. The average molecular weight is 288 g/mol. The number of benzene rings is 2. The summed E-state index contributed by atoms with van der Waals surface area (Å²) in [7, 11) is 0. The number of aromatic nitrogens is 1. The monoisotopic (exact) mass is 288 g/mol. The van der Waals surface area contributed by atoms with Gasteiger partial charge >= 0.3 is 0 Å². The number of hydrogen-bond acceptors (Lipinski definition) is 2. The maximum Gasteiger partial charge on any atom is 0.0296 e. The maximum absolute atomic E-state index is 4.06. The Morgan fingerprint density at radius 3 is 2.14 bits per heavy atom. The molecule has 2 nitrogen and oxygen atoms in total. The van der Waals surface area contributed by atoms with Crippen molar-refractivity contribution in [3.8, 4) is 11.1 Å². The number of nitrogens with zero attached hydrogens (tertiary/aromatic N) is 1. The highest BCUT2D eigenvalue weighted by Gasteiger charge is 2.04. The summed E-state index contributed by atoms with van der Waals surface area (Å²) in [5.41, 5.74) is 5.06. The van der Waals surface area contributed by atoms with E-state index in [0.717, 1.165) is 6.54 Å². The lowest BCUT2D eigenvalue weighted by atomic mass is 10.0. The molecular weight excluding hydrogens is 268 g/mol. The first-order chi connectivity index (χ1) is 10.8. The van der Waals surface area contributed by atoms with E-state index in [4.69, 9.17) is 0 Å². The zero-order valence-electron chi connectivity index (χ0n) is 12.7. The first-order valence-electron chi connectivity index (χ1n) is 7.60. The van der Waals surface area contributed by atoms with E-state index in [1.807, 2.05) is 18.5 Å². The molecule has 0 spiro atoms. The molecule has 0 bridgehead atoms. The van der Waals surface area contributed by atoms with Crippen LogP contribution in [0, 0.1) is 0 Å². The number of nitrogens with one attached hydrogen (secondary N) is 1. The van der Waals surface area contributed by atoms with Crippen LogP contribution in [0.15, 0.2) is 79.1 Å². The third-order valence-corrected chi connectivity index (χ3v) is 3.88. The molecule has 3 rings (SSSR count). The molecule has 1 unspecified atom stereocenters. The summed E-state index contributed by atoms with van der Waals surface area (Å²) in [4.78, 5) is 4.06. The zero-order chi connectivity index (χ0) is 15.2. The lowest BCUT2D eigenvalue weighted by molar-refractivity contribution is 0.574. The number of rotatable bonds is 5. The standard InChI is InChI=1S/C20H20N2/c1-16(18-11-13-21-14-12-18)22-15-17-7-9-20(10-8-17)19-5-3-2-4-6-19/h2-14,16,22H,15H2,1H3. The van der Waals surface area contributed by atoms with Crippen molar-refractivity contribution in [1.82, 2.24) is 10.3 Å². The zero-order valence-corrected chi connectivity index (χ0v) is 12.7. The highest BCUT2D eigenvalue weighted by atomic mass is 14.9. The SMILES string of the molecule is CC(NCc1ccc(-c2ccccc2)cc1)c1ccncc1. The molecule has 1 aromatic heterocycles. The average Bonchev–Trinajstić information content (AvgIpc) is 2.61. The Balaban J connectivity index is 1.62. The van der Waals surface area contributed by atoms with Gasteiger partial charge in [0.15, 0.2) is 0 Å². The van der Waals surface area contributed by atoms with Gasteiger partial charge < -0.3 is 5.32 Å². The van der Waals surface area contributed by atoms with Crippen molar-refractivity contribution < 1.29 is 0 Å². The van der Waals surface area contributed by atoms with Gasteiger partial charge in [0.05, 0.1) is 0 Å². The van der Waals surface area contributed by atoms with Gasteiger partial charge in [-0.05, 0) is 41.3 Å². The Labute approximate surface area is 131 Å². The van der Waals surface area contributed by atoms with Crippen molar-refractivity contribution >= 4 is 0 Å². The molecule has 0 aliphatic rings. The fourth-order valence-electron chi connectivity index (χ4n) is 2.49. The molecule has 1 N–H and O–H groups in total. The first kappa shape index (κ1) is 14.5. The molecule has 3 aromatic rings. The van der Waals surface area contributed by atoms with Crippen molar-refractivity contribution in [2.75, 3.05) is 0 Å². The first-order valence-corrected chi connectivity index (χ1v) is 7.60. The Kier molecular flexibility index (Phi) is 4.62. The fourth-order valence-corrected chi connectivity index (χ4v) is 2.49. The second-order valence-electron chi connectivity index (χ2n) is 5.45. The molecule has 2 aromatic carbocycles. The molecule has 0 aliphatic heterocycles. The summed E-state index contributed by atoms with van der Waals surface area (Å²) < 4.78 is 0. The van der Waals surface area contributed by atoms with Crippen molar-refractivity contribution in [2.45, 2.75) is 19.5 Å². The van der Waals surface area contributed by atoms with Gasteiger partial charge in [0.2, 0.25) is 0 Å². The van der Waals surface area contributed by atoms with E-state index >= 15 is 0 Å². The third kappa shape index (κ3) is 3.60.